The summed E-state index contributed by atoms with van der Waals surface area (Å²) in [5.41, 5.74) is -0.631. The van der Waals surface area contributed by atoms with Gasteiger partial charge < -0.3 is 10.0 Å². The molecule has 0 saturated heterocycles. The molecule has 9 heteroatoms. The number of carbonyl (C=O) groups is 1. The predicted octanol–water partition coefficient (Wildman–Crippen LogP) is 1.95. The first kappa shape index (κ1) is 16.3. The summed E-state index contributed by atoms with van der Waals surface area (Å²) in [6, 6.07) is 3.26. The van der Waals surface area contributed by atoms with Gasteiger partial charge >= 0.3 is 0 Å². The molecule has 6 nitrogen and oxygen atoms in total. The van der Waals surface area contributed by atoms with Crippen LogP contribution in [0.3, 0.4) is 0 Å². The number of hydrogen-bond acceptors (Lipinski definition) is 4. The number of aliphatic hydroxyl groups excluding tert-OH is 1. The summed E-state index contributed by atoms with van der Waals surface area (Å²) in [6.45, 7) is -1.65. The molecule has 0 atom stereocenters. The van der Waals surface area contributed by atoms with Gasteiger partial charge in [0.05, 0.1) is 18.1 Å². The molecule has 0 fully saturated rings. The molecule has 0 bridgehead atoms. The van der Waals surface area contributed by atoms with Crippen LogP contribution >= 0.6 is 11.6 Å². The van der Waals surface area contributed by atoms with Crippen LogP contribution in [-0.4, -0.2) is 47.0 Å². The lowest BCUT2D eigenvalue weighted by atomic mass is 10.1. The van der Waals surface area contributed by atoms with Crippen molar-refractivity contribution in [2.24, 2.45) is 0 Å². The third kappa shape index (κ3) is 4.10. The van der Waals surface area contributed by atoms with E-state index in [1.807, 2.05) is 0 Å². The van der Waals surface area contributed by atoms with Crippen LogP contribution in [0.25, 0.3) is 0 Å². The van der Waals surface area contributed by atoms with Gasteiger partial charge in [-0.15, -0.1) is 0 Å². The summed E-state index contributed by atoms with van der Waals surface area (Å²) in [4.78, 5) is 22.6. The molecule has 0 aliphatic carbocycles. The van der Waals surface area contributed by atoms with Crippen molar-refractivity contribution < 1.29 is 23.6 Å². The van der Waals surface area contributed by atoms with E-state index < -0.39 is 36.1 Å². The first-order chi connectivity index (χ1) is 9.36. The summed E-state index contributed by atoms with van der Waals surface area (Å²) in [5, 5.41) is 19.3. The standard InChI is InChI=1S/C11H11ClF2N2O4/c12-8-2-1-7(5-9(8)16(19)20)11(18)15(3-4-17)6-10(13)14/h1-2,5,10,17H,3-4,6H2. The number of nitro benzene ring substituents is 1. The number of halogens is 3. The van der Waals surface area contributed by atoms with Crippen LogP contribution in [0, 0.1) is 10.1 Å². The Morgan fingerprint density at radius 2 is 2.15 bits per heavy atom. The number of carbonyl (C=O) groups excluding carboxylic acids is 1. The van der Waals surface area contributed by atoms with Crippen molar-refractivity contribution in [1.82, 2.24) is 4.90 Å². The van der Waals surface area contributed by atoms with E-state index >= 15 is 0 Å². The number of benzene rings is 1. The molecule has 0 spiro atoms. The second kappa shape index (κ2) is 7.11. The van der Waals surface area contributed by atoms with Crippen LogP contribution in [-0.2, 0) is 0 Å². The van der Waals surface area contributed by atoms with Crippen LogP contribution in [0.2, 0.25) is 5.02 Å². The lowest BCUT2D eigenvalue weighted by molar-refractivity contribution is -0.384. The summed E-state index contributed by atoms with van der Waals surface area (Å²) in [7, 11) is 0. The maximum absolute atomic E-state index is 12.4. The van der Waals surface area contributed by atoms with Crippen molar-refractivity contribution >= 4 is 23.2 Å². The summed E-state index contributed by atoms with van der Waals surface area (Å²) in [6.07, 6.45) is -2.77. The zero-order valence-electron chi connectivity index (χ0n) is 10.1. The highest BCUT2D eigenvalue weighted by Gasteiger charge is 2.22. The van der Waals surface area contributed by atoms with E-state index in [1.54, 1.807) is 0 Å². The predicted molar refractivity (Wildman–Crippen MR) is 67.1 cm³/mol. The molecule has 0 heterocycles. The Morgan fingerprint density at radius 1 is 1.50 bits per heavy atom. The molecule has 1 rings (SSSR count). The maximum atomic E-state index is 12.4. The lowest BCUT2D eigenvalue weighted by Crippen LogP contribution is -2.37. The van der Waals surface area contributed by atoms with E-state index in [1.165, 1.54) is 6.07 Å². The van der Waals surface area contributed by atoms with Crippen molar-refractivity contribution in [2.45, 2.75) is 6.43 Å². The fourth-order valence-corrected chi connectivity index (χ4v) is 1.72. The highest BCUT2D eigenvalue weighted by atomic mass is 35.5. The van der Waals surface area contributed by atoms with Gasteiger partial charge in [0, 0.05) is 18.2 Å². The Balaban J connectivity index is 3.05. The molecule has 1 amide bonds. The Bertz CT molecular complexity index is 513. The van der Waals surface area contributed by atoms with Crippen molar-refractivity contribution in [3.63, 3.8) is 0 Å². The second-order valence-corrected chi connectivity index (χ2v) is 4.20. The normalized spacial score (nSPS) is 10.7. The van der Waals surface area contributed by atoms with Crippen LogP contribution in [0.5, 0.6) is 0 Å². The zero-order valence-corrected chi connectivity index (χ0v) is 10.9. The summed E-state index contributed by atoms with van der Waals surface area (Å²) in [5.74, 6) is -0.834. The topological polar surface area (TPSA) is 83.7 Å². The minimum absolute atomic E-state index is 0.143. The summed E-state index contributed by atoms with van der Waals surface area (Å²) < 4.78 is 24.7. The van der Waals surface area contributed by atoms with Gasteiger partial charge in [-0.2, -0.15) is 0 Å². The third-order valence-electron chi connectivity index (χ3n) is 2.41. The average molecular weight is 309 g/mol. The van der Waals surface area contributed by atoms with E-state index in [4.69, 9.17) is 16.7 Å². The molecule has 0 unspecified atom stereocenters. The monoisotopic (exact) mass is 308 g/mol. The first-order valence-electron chi connectivity index (χ1n) is 5.49. The van der Waals surface area contributed by atoms with Crippen LogP contribution < -0.4 is 0 Å². The number of rotatable bonds is 6. The molecule has 1 aromatic rings. The quantitative estimate of drug-likeness (QED) is 0.643. The van der Waals surface area contributed by atoms with Gasteiger partial charge in [-0.1, -0.05) is 11.6 Å². The van der Waals surface area contributed by atoms with Gasteiger partial charge in [-0.3, -0.25) is 14.9 Å². The molecule has 1 N–H and O–H groups in total. The first-order valence-corrected chi connectivity index (χ1v) is 5.86. The van der Waals surface area contributed by atoms with Crippen LogP contribution in [0.4, 0.5) is 14.5 Å². The van der Waals surface area contributed by atoms with Gasteiger partial charge in [-0.25, -0.2) is 8.78 Å². The number of alkyl halides is 2. The Kier molecular flexibility index (Phi) is 5.78. The molecule has 0 aromatic heterocycles. The van der Waals surface area contributed by atoms with Crippen molar-refractivity contribution in [2.75, 3.05) is 19.7 Å². The molecule has 20 heavy (non-hydrogen) atoms. The second-order valence-electron chi connectivity index (χ2n) is 3.79. The average Bonchev–Trinajstić information content (AvgIpc) is 2.37. The number of nitrogens with zero attached hydrogens (tertiary/aromatic N) is 2. The minimum Gasteiger partial charge on any atom is -0.395 e. The molecule has 0 aliphatic heterocycles. The minimum atomic E-state index is -2.77. The van der Waals surface area contributed by atoms with Crippen molar-refractivity contribution in [3.8, 4) is 0 Å². The fourth-order valence-electron chi connectivity index (χ4n) is 1.53. The molecular weight excluding hydrogens is 298 g/mol. The molecule has 0 aliphatic rings. The van der Waals surface area contributed by atoms with E-state index in [2.05, 4.69) is 0 Å². The smallest absolute Gasteiger partial charge is 0.288 e. The van der Waals surface area contributed by atoms with Gasteiger partial charge in [0.1, 0.15) is 5.02 Å². The third-order valence-corrected chi connectivity index (χ3v) is 2.72. The largest absolute Gasteiger partial charge is 0.395 e. The highest BCUT2D eigenvalue weighted by molar-refractivity contribution is 6.32. The van der Waals surface area contributed by atoms with Gasteiger partial charge in [0.25, 0.3) is 18.0 Å². The molecule has 0 radical (unpaired) electrons. The van der Waals surface area contributed by atoms with Crippen molar-refractivity contribution in [1.29, 1.82) is 0 Å². The summed E-state index contributed by atoms with van der Waals surface area (Å²) >= 11 is 5.59. The Morgan fingerprint density at radius 3 is 2.65 bits per heavy atom. The molecule has 110 valence electrons. The fraction of sp³-hybridized carbons (Fsp3) is 0.364. The lowest BCUT2D eigenvalue weighted by Gasteiger charge is -2.21. The van der Waals surface area contributed by atoms with Crippen LogP contribution in [0.15, 0.2) is 18.2 Å². The number of aliphatic hydroxyl groups is 1. The highest BCUT2D eigenvalue weighted by Crippen LogP contribution is 2.25. The maximum Gasteiger partial charge on any atom is 0.288 e. The number of nitro groups is 1. The van der Waals surface area contributed by atoms with E-state index in [9.17, 15) is 23.7 Å². The van der Waals surface area contributed by atoms with E-state index in [0.29, 0.717) is 0 Å². The Labute approximate surface area is 117 Å². The molecule has 1 aromatic carbocycles. The molecule has 0 saturated carbocycles. The SMILES string of the molecule is O=C(c1ccc(Cl)c([N+](=O)[O-])c1)N(CCO)CC(F)F. The van der Waals surface area contributed by atoms with Gasteiger partial charge in [0.2, 0.25) is 0 Å². The number of hydrogen-bond donors (Lipinski definition) is 1. The molecular formula is C11H11ClF2N2O4. The van der Waals surface area contributed by atoms with E-state index in [-0.39, 0.29) is 17.1 Å². The number of amides is 1. The van der Waals surface area contributed by atoms with Crippen LogP contribution in [0.1, 0.15) is 10.4 Å². The Hall–Kier alpha value is -1.80. The van der Waals surface area contributed by atoms with Crippen molar-refractivity contribution in [3.05, 3.63) is 38.9 Å². The zero-order chi connectivity index (χ0) is 15.3. The van der Waals surface area contributed by atoms with Gasteiger partial charge in [0.15, 0.2) is 0 Å². The van der Waals surface area contributed by atoms with E-state index in [0.717, 1.165) is 17.0 Å². The van der Waals surface area contributed by atoms with Gasteiger partial charge in [-0.05, 0) is 12.1 Å².